The Morgan fingerprint density at radius 3 is 2.83 bits per heavy atom. The van der Waals surface area contributed by atoms with Crippen LogP contribution in [0.4, 0.5) is 0 Å². The van der Waals surface area contributed by atoms with Crippen molar-refractivity contribution in [3.63, 3.8) is 0 Å². The SMILES string of the molecule is CCC(N)C(CO)Oc1cccc2cccnc12. The number of aliphatic hydroxyl groups is 1. The molecule has 2 atom stereocenters. The molecule has 0 aliphatic rings. The molecule has 0 aliphatic heterocycles. The maximum Gasteiger partial charge on any atom is 0.146 e. The maximum atomic E-state index is 9.34. The van der Waals surface area contributed by atoms with Crippen LogP contribution in [0.1, 0.15) is 13.3 Å². The molecule has 0 radical (unpaired) electrons. The van der Waals surface area contributed by atoms with Crippen LogP contribution in [-0.2, 0) is 0 Å². The van der Waals surface area contributed by atoms with Crippen LogP contribution < -0.4 is 10.5 Å². The molecular weight excluding hydrogens is 228 g/mol. The standard InChI is InChI=1S/C14H18N2O2/c1-2-11(15)13(9-17)18-12-7-3-5-10-6-4-8-16-14(10)12/h3-8,11,13,17H,2,9,15H2,1H3. The highest BCUT2D eigenvalue weighted by Gasteiger charge is 2.18. The molecule has 0 aliphatic carbocycles. The molecule has 0 saturated carbocycles. The van der Waals surface area contributed by atoms with Crippen LogP contribution in [0.5, 0.6) is 5.75 Å². The number of benzene rings is 1. The van der Waals surface area contributed by atoms with E-state index in [4.69, 9.17) is 10.5 Å². The van der Waals surface area contributed by atoms with Crippen molar-refractivity contribution in [1.82, 2.24) is 4.98 Å². The predicted octanol–water partition coefficient (Wildman–Crippen LogP) is 1.71. The van der Waals surface area contributed by atoms with Gasteiger partial charge >= 0.3 is 0 Å². The van der Waals surface area contributed by atoms with E-state index in [0.717, 1.165) is 17.3 Å². The normalized spacial score (nSPS) is 14.4. The summed E-state index contributed by atoms with van der Waals surface area (Å²) in [6.45, 7) is 1.87. The van der Waals surface area contributed by atoms with Gasteiger partial charge in [-0.2, -0.15) is 0 Å². The zero-order valence-corrected chi connectivity index (χ0v) is 10.4. The van der Waals surface area contributed by atoms with Crippen LogP contribution >= 0.6 is 0 Å². The molecule has 1 heterocycles. The number of nitrogens with two attached hydrogens (primary N) is 1. The van der Waals surface area contributed by atoms with Crippen molar-refractivity contribution in [1.29, 1.82) is 0 Å². The summed E-state index contributed by atoms with van der Waals surface area (Å²) in [7, 11) is 0. The highest BCUT2D eigenvalue weighted by Crippen LogP contribution is 2.24. The Morgan fingerprint density at radius 1 is 1.33 bits per heavy atom. The van der Waals surface area contributed by atoms with E-state index in [9.17, 15) is 5.11 Å². The van der Waals surface area contributed by atoms with Crippen molar-refractivity contribution in [2.75, 3.05) is 6.61 Å². The average Bonchev–Trinajstić information content (AvgIpc) is 2.44. The van der Waals surface area contributed by atoms with E-state index in [2.05, 4.69) is 4.98 Å². The van der Waals surface area contributed by atoms with Crippen LogP contribution in [0, 0.1) is 0 Å². The summed E-state index contributed by atoms with van der Waals surface area (Å²) in [4.78, 5) is 4.31. The summed E-state index contributed by atoms with van der Waals surface area (Å²) in [6.07, 6.45) is 2.08. The monoisotopic (exact) mass is 246 g/mol. The van der Waals surface area contributed by atoms with Crippen molar-refractivity contribution < 1.29 is 9.84 Å². The number of pyridine rings is 1. The number of para-hydroxylation sites is 1. The number of fused-ring (bicyclic) bond motifs is 1. The number of hydrogen-bond acceptors (Lipinski definition) is 4. The van der Waals surface area contributed by atoms with E-state index in [0.29, 0.717) is 5.75 Å². The van der Waals surface area contributed by atoms with Gasteiger partial charge in [0.1, 0.15) is 17.4 Å². The lowest BCUT2D eigenvalue weighted by Crippen LogP contribution is -2.41. The largest absolute Gasteiger partial charge is 0.484 e. The third-order valence-electron chi connectivity index (χ3n) is 3.00. The van der Waals surface area contributed by atoms with Gasteiger partial charge in [-0.3, -0.25) is 4.98 Å². The quantitative estimate of drug-likeness (QED) is 0.842. The Labute approximate surface area is 106 Å². The van der Waals surface area contributed by atoms with Gasteiger partial charge in [0.2, 0.25) is 0 Å². The first-order valence-electron chi connectivity index (χ1n) is 6.13. The summed E-state index contributed by atoms with van der Waals surface area (Å²) in [5.41, 5.74) is 6.71. The van der Waals surface area contributed by atoms with E-state index in [1.54, 1.807) is 6.20 Å². The lowest BCUT2D eigenvalue weighted by atomic mass is 10.1. The topological polar surface area (TPSA) is 68.4 Å². The van der Waals surface area contributed by atoms with Crippen molar-refractivity contribution in [2.24, 2.45) is 5.73 Å². The van der Waals surface area contributed by atoms with E-state index >= 15 is 0 Å². The molecule has 4 nitrogen and oxygen atoms in total. The van der Waals surface area contributed by atoms with Crippen molar-refractivity contribution >= 4 is 10.9 Å². The molecule has 4 heteroatoms. The van der Waals surface area contributed by atoms with E-state index in [-0.39, 0.29) is 12.6 Å². The molecular formula is C14H18N2O2. The molecule has 2 rings (SSSR count). The lowest BCUT2D eigenvalue weighted by Gasteiger charge is -2.22. The molecule has 0 fully saturated rings. The second-order valence-electron chi connectivity index (χ2n) is 4.24. The Bertz CT molecular complexity index is 511. The van der Waals surface area contributed by atoms with Gasteiger partial charge < -0.3 is 15.6 Å². The number of aromatic nitrogens is 1. The van der Waals surface area contributed by atoms with Gasteiger partial charge in [0.15, 0.2) is 0 Å². The van der Waals surface area contributed by atoms with Crippen molar-refractivity contribution in [2.45, 2.75) is 25.5 Å². The minimum atomic E-state index is -0.400. The summed E-state index contributed by atoms with van der Waals surface area (Å²) < 4.78 is 5.79. The van der Waals surface area contributed by atoms with Gasteiger partial charge in [0.05, 0.1) is 6.61 Å². The number of rotatable bonds is 5. The zero-order valence-electron chi connectivity index (χ0n) is 10.4. The fraction of sp³-hybridized carbons (Fsp3) is 0.357. The number of aliphatic hydroxyl groups excluding tert-OH is 1. The Kier molecular flexibility index (Phi) is 4.12. The zero-order chi connectivity index (χ0) is 13.0. The van der Waals surface area contributed by atoms with E-state index in [1.165, 1.54) is 0 Å². The Morgan fingerprint density at radius 2 is 2.11 bits per heavy atom. The third-order valence-corrected chi connectivity index (χ3v) is 3.00. The summed E-state index contributed by atoms with van der Waals surface area (Å²) >= 11 is 0. The molecule has 3 N–H and O–H groups in total. The highest BCUT2D eigenvalue weighted by molar-refractivity contribution is 5.84. The van der Waals surface area contributed by atoms with Gasteiger partial charge in [-0.1, -0.05) is 25.1 Å². The highest BCUT2D eigenvalue weighted by atomic mass is 16.5. The van der Waals surface area contributed by atoms with E-state index in [1.807, 2.05) is 37.3 Å². The fourth-order valence-electron chi connectivity index (χ4n) is 1.86. The minimum Gasteiger partial charge on any atom is -0.484 e. The molecule has 18 heavy (non-hydrogen) atoms. The second-order valence-corrected chi connectivity index (χ2v) is 4.24. The Hall–Kier alpha value is -1.65. The first kappa shape index (κ1) is 12.8. The van der Waals surface area contributed by atoms with Gasteiger partial charge in [-0.05, 0) is 18.6 Å². The predicted molar refractivity (Wildman–Crippen MR) is 71.5 cm³/mol. The molecule has 1 aromatic carbocycles. The third kappa shape index (κ3) is 2.60. The summed E-state index contributed by atoms with van der Waals surface area (Å²) in [5.74, 6) is 0.663. The number of nitrogens with zero attached hydrogens (tertiary/aromatic N) is 1. The Balaban J connectivity index is 2.30. The first-order valence-corrected chi connectivity index (χ1v) is 6.13. The molecule has 0 bridgehead atoms. The van der Waals surface area contributed by atoms with E-state index < -0.39 is 6.10 Å². The second kappa shape index (κ2) is 5.80. The van der Waals surface area contributed by atoms with Gasteiger partial charge in [-0.15, -0.1) is 0 Å². The number of ether oxygens (including phenoxy) is 1. The minimum absolute atomic E-state index is 0.0990. The van der Waals surface area contributed by atoms with Crippen LogP contribution in [0.25, 0.3) is 10.9 Å². The van der Waals surface area contributed by atoms with Gasteiger partial charge in [0.25, 0.3) is 0 Å². The average molecular weight is 246 g/mol. The van der Waals surface area contributed by atoms with Crippen LogP contribution in [0.15, 0.2) is 36.5 Å². The number of hydrogen-bond donors (Lipinski definition) is 2. The van der Waals surface area contributed by atoms with Crippen LogP contribution in [0.3, 0.4) is 0 Å². The van der Waals surface area contributed by atoms with Gasteiger partial charge in [-0.25, -0.2) is 0 Å². The van der Waals surface area contributed by atoms with Crippen LogP contribution in [-0.4, -0.2) is 28.8 Å². The molecule has 0 spiro atoms. The molecule has 0 saturated heterocycles. The smallest absolute Gasteiger partial charge is 0.146 e. The van der Waals surface area contributed by atoms with Gasteiger partial charge in [0, 0.05) is 17.6 Å². The first-order chi connectivity index (χ1) is 8.76. The fourth-order valence-corrected chi connectivity index (χ4v) is 1.86. The van der Waals surface area contributed by atoms with Crippen molar-refractivity contribution in [3.8, 4) is 5.75 Å². The molecule has 2 aromatic rings. The maximum absolute atomic E-state index is 9.34. The molecule has 0 amide bonds. The lowest BCUT2D eigenvalue weighted by molar-refractivity contribution is 0.0944. The molecule has 1 aromatic heterocycles. The van der Waals surface area contributed by atoms with Crippen LogP contribution in [0.2, 0.25) is 0 Å². The molecule has 2 unspecified atom stereocenters. The summed E-state index contributed by atoms with van der Waals surface area (Å²) in [6, 6.07) is 9.40. The summed E-state index contributed by atoms with van der Waals surface area (Å²) in [5, 5.41) is 10.3. The van der Waals surface area contributed by atoms with Crippen molar-refractivity contribution in [3.05, 3.63) is 36.5 Å². The molecule has 96 valence electrons.